The molecule has 4 rings (SSSR count). The molecule has 0 unspecified atom stereocenters. The second-order valence-electron chi connectivity index (χ2n) is 17.2. The molecule has 0 spiro atoms. The average Bonchev–Trinajstić information content (AvgIpc) is 3.78. The van der Waals surface area contributed by atoms with Crippen LogP contribution >= 0.6 is 0 Å². The van der Waals surface area contributed by atoms with E-state index in [2.05, 4.69) is 17.6 Å². The number of nitrogens with two attached hydrogens (primary N) is 2. The molecule has 0 radical (unpaired) electrons. The molecule has 4 bridgehead atoms. The number of hydrogen-bond donors (Lipinski definition) is 4. The van der Waals surface area contributed by atoms with E-state index in [0.29, 0.717) is 46.6 Å². The number of amides is 2. The number of carbonyl (C=O) groups excluding carboxylic acids is 5. The summed E-state index contributed by atoms with van der Waals surface area (Å²) < 4.78 is 12.3. The first-order valence-electron chi connectivity index (χ1n) is 23.2. The molecular formula is C49H72N6O7. The van der Waals surface area contributed by atoms with Crippen LogP contribution in [0.2, 0.25) is 0 Å². The molecule has 2 aliphatic rings. The third-order valence-electron chi connectivity index (χ3n) is 12.1. The van der Waals surface area contributed by atoms with Gasteiger partial charge in [0, 0.05) is 81.2 Å². The third-order valence-corrected chi connectivity index (χ3v) is 12.1. The summed E-state index contributed by atoms with van der Waals surface area (Å²) in [7, 11) is 1.61. The summed E-state index contributed by atoms with van der Waals surface area (Å²) >= 11 is 0. The van der Waals surface area contributed by atoms with E-state index >= 15 is 0 Å². The molecule has 6 N–H and O–H groups in total. The van der Waals surface area contributed by atoms with Gasteiger partial charge in [0.2, 0.25) is 11.8 Å². The molecule has 340 valence electrons. The zero-order valence-electron chi connectivity index (χ0n) is 37.5. The van der Waals surface area contributed by atoms with Crippen LogP contribution < -0.4 is 31.6 Å². The number of fused-ring (bicyclic) bond motifs is 5. The van der Waals surface area contributed by atoms with Crippen LogP contribution in [0.1, 0.15) is 140 Å². The summed E-state index contributed by atoms with van der Waals surface area (Å²) in [6.07, 6.45) is 13.0. The van der Waals surface area contributed by atoms with Gasteiger partial charge >= 0.3 is 0 Å². The number of ketones is 3. The van der Waals surface area contributed by atoms with Crippen LogP contribution in [0.3, 0.4) is 0 Å². The van der Waals surface area contributed by atoms with E-state index in [4.69, 9.17) is 20.9 Å². The Morgan fingerprint density at radius 2 is 1.53 bits per heavy atom. The lowest BCUT2D eigenvalue weighted by Crippen LogP contribution is -2.46. The highest BCUT2D eigenvalue weighted by atomic mass is 16.5. The van der Waals surface area contributed by atoms with Crippen molar-refractivity contribution in [2.45, 2.75) is 148 Å². The maximum atomic E-state index is 14.9. The molecular weight excluding hydrogens is 785 g/mol. The number of nitrogens with zero attached hydrogens (tertiary/aromatic N) is 2. The van der Waals surface area contributed by atoms with Gasteiger partial charge in [-0.25, -0.2) is 0 Å². The van der Waals surface area contributed by atoms with Crippen molar-refractivity contribution in [3.05, 3.63) is 47.5 Å². The molecule has 0 aliphatic carbocycles. The highest BCUT2D eigenvalue weighted by molar-refractivity contribution is 5.96. The minimum absolute atomic E-state index is 0.00427. The normalized spacial score (nSPS) is 19.5. The van der Waals surface area contributed by atoms with Crippen molar-refractivity contribution in [1.82, 2.24) is 15.5 Å². The fourth-order valence-corrected chi connectivity index (χ4v) is 8.71. The molecule has 2 aromatic rings. The molecule has 1 saturated heterocycles. The van der Waals surface area contributed by atoms with Gasteiger partial charge in [-0.1, -0.05) is 77.3 Å². The summed E-state index contributed by atoms with van der Waals surface area (Å²) in [5, 5.41) is 15.6. The fourth-order valence-electron chi connectivity index (χ4n) is 8.71. The van der Waals surface area contributed by atoms with Crippen LogP contribution in [0.4, 0.5) is 0 Å². The van der Waals surface area contributed by atoms with Gasteiger partial charge in [0.05, 0.1) is 12.1 Å². The van der Waals surface area contributed by atoms with Crippen molar-refractivity contribution in [2.75, 3.05) is 39.9 Å². The van der Waals surface area contributed by atoms with Crippen molar-refractivity contribution in [2.24, 2.45) is 23.3 Å². The van der Waals surface area contributed by atoms with Crippen molar-refractivity contribution < 1.29 is 33.4 Å². The van der Waals surface area contributed by atoms with Crippen LogP contribution in [0, 0.1) is 23.2 Å². The summed E-state index contributed by atoms with van der Waals surface area (Å²) in [6, 6.07) is 10.8. The number of Topliss-reactive ketones (excluding diaryl/α,β-unsaturated/α-hetero) is 3. The third kappa shape index (κ3) is 15.3. The highest BCUT2D eigenvalue weighted by Crippen LogP contribution is 2.41. The van der Waals surface area contributed by atoms with Crippen LogP contribution in [0.25, 0.3) is 11.1 Å². The van der Waals surface area contributed by atoms with Crippen LogP contribution in [-0.4, -0.2) is 86.0 Å². The lowest BCUT2D eigenvalue weighted by molar-refractivity contribution is -0.144. The predicted octanol–water partition coefficient (Wildman–Crippen LogP) is 6.68. The number of nitriles is 1. The van der Waals surface area contributed by atoms with E-state index in [-0.39, 0.29) is 87.7 Å². The minimum atomic E-state index is -1.13. The lowest BCUT2D eigenvalue weighted by atomic mass is 9.87. The quantitative estimate of drug-likeness (QED) is 0.0776. The van der Waals surface area contributed by atoms with Crippen LogP contribution in [-0.2, 0) is 30.4 Å². The van der Waals surface area contributed by atoms with Gasteiger partial charge in [0.15, 0.2) is 11.6 Å². The van der Waals surface area contributed by atoms with Gasteiger partial charge in [-0.05, 0) is 74.0 Å². The van der Waals surface area contributed by atoms with Crippen LogP contribution in [0.5, 0.6) is 11.5 Å². The molecule has 1 fully saturated rings. The largest absolute Gasteiger partial charge is 0.492 e. The summed E-state index contributed by atoms with van der Waals surface area (Å²) in [4.78, 5) is 71.9. The maximum absolute atomic E-state index is 14.9. The maximum Gasteiger partial charge on any atom is 0.226 e. The Balaban J connectivity index is 1.73. The molecule has 62 heavy (non-hydrogen) atoms. The fraction of sp³-hybridized carbons (Fsp3) is 0.633. The van der Waals surface area contributed by atoms with E-state index < -0.39 is 29.8 Å². The van der Waals surface area contributed by atoms with E-state index in [1.807, 2.05) is 24.3 Å². The van der Waals surface area contributed by atoms with E-state index in [1.54, 1.807) is 32.2 Å². The van der Waals surface area contributed by atoms with Gasteiger partial charge in [0.25, 0.3) is 0 Å². The SMILES string of the molecule is CCCCCCCCCCCC(=O)C[C@@H](C[C@@H]1CCCN1)C(=O)N(C)[C@@H]1C(=O)C[C@@H](C)C(=O)N[C@H](C(=O)CCC#N)Cc2ccc(OCCN)c(c2)-c2cc1ccc2OCCN. The summed E-state index contributed by atoms with van der Waals surface area (Å²) in [5.41, 5.74) is 14.1. The Morgan fingerprint density at radius 3 is 2.16 bits per heavy atom. The van der Waals surface area contributed by atoms with Gasteiger partial charge in [-0.3, -0.25) is 24.0 Å². The first kappa shape index (κ1) is 50.0. The molecule has 0 aromatic heterocycles. The molecule has 5 atom stereocenters. The predicted molar refractivity (Wildman–Crippen MR) is 241 cm³/mol. The lowest BCUT2D eigenvalue weighted by Gasteiger charge is -2.33. The summed E-state index contributed by atoms with van der Waals surface area (Å²) in [6.45, 7) is 5.60. The van der Waals surface area contributed by atoms with E-state index in [0.717, 1.165) is 38.6 Å². The minimum Gasteiger partial charge on any atom is -0.492 e. The Kier molecular flexibility index (Phi) is 21.6. The number of hydrogen-bond acceptors (Lipinski definition) is 11. The molecule has 2 amide bonds. The Morgan fingerprint density at radius 1 is 0.887 bits per heavy atom. The van der Waals surface area contributed by atoms with Crippen molar-refractivity contribution in [3.8, 4) is 28.7 Å². The van der Waals surface area contributed by atoms with E-state index in [9.17, 15) is 29.2 Å². The zero-order valence-corrected chi connectivity index (χ0v) is 37.5. The van der Waals surface area contributed by atoms with Gasteiger partial charge in [-0.2, -0.15) is 5.26 Å². The average molecular weight is 857 g/mol. The molecule has 13 heteroatoms. The Hall–Kier alpha value is -4.64. The highest BCUT2D eigenvalue weighted by Gasteiger charge is 2.37. The smallest absolute Gasteiger partial charge is 0.226 e. The first-order valence-corrected chi connectivity index (χ1v) is 23.2. The number of carbonyl (C=O) groups is 5. The number of rotatable bonds is 25. The van der Waals surface area contributed by atoms with Crippen molar-refractivity contribution in [3.63, 3.8) is 0 Å². The van der Waals surface area contributed by atoms with Crippen molar-refractivity contribution >= 4 is 29.2 Å². The molecule has 2 aromatic carbocycles. The monoisotopic (exact) mass is 857 g/mol. The second-order valence-corrected chi connectivity index (χ2v) is 17.2. The second kappa shape index (κ2) is 26.7. The molecule has 13 nitrogen and oxygen atoms in total. The molecule has 2 heterocycles. The van der Waals surface area contributed by atoms with Crippen molar-refractivity contribution in [1.29, 1.82) is 5.26 Å². The zero-order chi connectivity index (χ0) is 44.9. The van der Waals surface area contributed by atoms with Gasteiger partial charge in [0.1, 0.15) is 36.5 Å². The molecule has 0 saturated carbocycles. The standard InChI is InChI=1S/C49H72N6O7/c1-4-5-6-7-8-9-10-11-12-16-39(56)32-37(31-38-15-14-25-53-38)49(60)55(3)47-36-19-21-46(62-27-24-52)41(33-36)40-29-35(18-20-45(40)61-26-23-51)30-42(43(57)17-13-22-50)54-48(59)34(2)28-44(47)58/h18-21,29,33-34,37-38,42,47,53H,4-17,23-28,30-32,51-52H2,1-3H3,(H,54,59)/t34-,37-,38+,42+,47+/m1/s1. The first-order chi connectivity index (χ1) is 30.0. The Bertz CT molecular complexity index is 1820. The number of benzene rings is 2. The number of likely N-dealkylation sites (N-methyl/N-ethyl adjacent to an activating group) is 1. The topological polar surface area (TPSA) is 207 Å². The number of unbranched alkanes of at least 4 members (excludes halogenated alkanes) is 8. The summed E-state index contributed by atoms with van der Waals surface area (Å²) in [5.74, 6) is -1.98. The van der Waals surface area contributed by atoms with E-state index in [1.165, 1.54) is 43.4 Å². The molecule has 2 aliphatic heterocycles. The van der Waals surface area contributed by atoms with Crippen LogP contribution in [0.15, 0.2) is 36.4 Å². The number of nitrogens with one attached hydrogen (secondary N) is 2. The Labute approximate surface area is 369 Å². The van der Waals surface area contributed by atoms with Gasteiger partial charge < -0.3 is 36.5 Å². The number of ether oxygens (including phenoxy) is 2. The van der Waals surface area contributed by atoms with Gasteiger partial charge in [-0.15, -0.1) is 0 Å².